The van der Waals surface area contributed by atoms with Gasteiger partial charge in [0.25, 0.3) is 0 Å². The van der Waals surface area contributed by atoms with E-state index in [1.165, 1.54) is 45.6 Å². The molecule has 158 valence electrons. The lowest BCUT2D eigenvalue weighted by molar-refractivity contribution is -0.141. The zero-order chi connectivity index (χ0) is 20.1. The van der Waals surface area contributed by atoms with Crippen LogP contribution in [0.3, 0.4) is 0 Å². The van der Waals surface area contributed by atoms with Crippen LogP contribution in [0.1, 0.15) is 91.4 Å². The Morgan fingerprint density at radius 2 is 1.82 bits per heavy atom. The normalized spacial score (nSPS) is 46.3. The predicted molar refractivity (Wildman–Crippen MR) is 111 cm³/mol. The van der Waals surface area contributed by atoms with Crippen LogP contribution in [0.2, 0.25) is 0 Å². The van der Waals surface area contributed by atoms with E-state index in [0.717, 1.165) is 49.4 Å². The first-order chi connectivity index (χ1) is 13.3. The SMILES string of the molecule is COC(=O)CCC(C)C1CCC2C3CC[C@H]4CC(=O)CC[C@@]4(C)C3CC[C@@]12C. The van der Waals surface area contributed by atoms with Crippen LogP contribution in [0, 0.1) is 46.3 Å². The third kappa shape index (κ3) is 3.16. The molecular formula is C25H40O3. The molecule has 0 heterocycles. The number of fused-ring (bicyclic) bond motifs is 5. The summed E-state index contributed by atoms with van der Waals surface area (Å²) < 4.78 is 4.87. The monoisotopic (exact) mass is 388 g/mol. The summed E-state index contributed by atoms with van der Waals surface area (Å²) in [6, 6.07) is 0. The summed E-state index contributed by atoms with van der Waals surface area (Å²) in [6.45, 7) is 7.49. The second kappa shape index (κ2) is 7.43. The van der Waals surface area contributed by atoms with Crippen molar-refractivity contribution in [3.8, 4) is 0 Å². The molecule has 0 bridgehead atoms. The van der Waals surface area contributed by atoms with Gasteiger partial charge in [-0.1, -0.05) is 20.8 Å². The van der Waals surface area contributed by atoms with E-state index in [-0.39, 0.29) is 5.97 Å². The van der Waals surface area contributed by atoms with Crippen molar-refractivity contribution in [2.75, 3.05) is 7.11 Å². The van der Waals surface area contributed by atoms with Gasteiger partial charge in [0.1, 0.15) is 5.78 Å². The molecule has 0 aromatic rings. The maximum Gasteiger partial charge on any atom is 0.305 e. The smallest absolute Gasteiger partial charge is 0.305 e. The van der Waals surface area contributed by atoms with Gasteiger partial charge in [-0.2, -0.15) is 0 Å². The lowest BCUT2D eigenvalue weighted by Gasteiger charge is -2.60. The number of hydrogen-bond acceptors (Lipinski definition) is 3. The molecule has 4 aliphatic carbocycles. The Bertz CT molecular complexity index is 627. The van der Waals surface area contributed by atoms with E-state index in [0.29, 0.717) is 34.9 Å². The van der Waals surface area contributed by atoms with Crippen molar-refractivity contribution < 1.29 is 14.3 Å². The maximum atomic E-state index is 12.1. The minimum Gasteiger partial charge on any atom is -0.469 e. The summed E-state index contributed by atoms with van der Waals surface area (Å²) in [5, 5.41) is 0. The maximum absolute atomic E-state index is 12.1. The Balaban J connectivity index is 1.49. The van der Waals surface area contributed by atoms with Gasteiger partial charge < -0.3 is 4.74 Å². The molecule has 3 nitrogen and oxygen atoms in total. The molecule has 5 unspecified atom stereocenters. The fourth-order valence-electron chi connectivity index (χ4n) is 8.67. The molecule has 0 radical (unpaired) electrons. The number of rotatable bonds is 4. The average Bonchev–Trinajstić information content (AvgIpc) is 3.03. The van der Waals surface area contributed by atoms with Crippen molar-refractivity contribution in [3.63, 3.8) is 0 Å². The van der Waals surface area contributed by atoms with Crippen molar-refractivity contribution >= 4 is 11.8 Å². The molecule has 0 spiro atoms. The molecule has 4 saturated carbocycles. The van der Waals surface area contributed by atoms with Gasteiger partial charge in [-0.3, -0.25) is 9.59 Å². The summed E-state index contributed by atoms with van der Waals surface area (Å²) in [6.07, 6.45) is 12.4. The molecule has 28 heavy (non-hydrogen) atoms. The highest BCUT2D eigenvalue weighted by atomic mass is 16.5. The molecule has 8 atom stereocenters. The number of carbonyl (C=O) groups excluding carboxylic acids is 2. The van der Waals surface area contributed by atoms with Crippen molar-refractivity contribution in [2.24, 2.45) is 46.3 Å². The predicted octanol–water partition coefficient (Wildman–Crippen LogP) is 5.80. The van der Waals surface area contributed by atoms with Crippen LogP contribution in [-0.4, -0.2) is 18.9 Å². The van der Waals surface area contributed by atoms with Crippen LogP contribution < -0.4 is 0 Å². The minimum atomic E-state index is -0.0617. The zero-order valence-corrected chi connectivity index (χ0v) is 18.5. The van der Waals surface area contributed by atoms with Crippen LogP contribution in [-0.2, 0) is 14.3 Å². The van der Waals surface area contributed by atoms with Crippen molar-refractivity contribution in [3.05, 3.63) is 0 Å². The Kier molecular flexibility index (Phi) is 5.42. The third-order valence-corrected chi connectivity index (χ3v) is 10.3. The number of Topliss-reactive ketones (excluding diaryl/α,β-unsaturated/α-hetero) is 1. The summed E-state index contributed by atoms with van der Waals surface area (Å²) in [5.74, 6) is 5.01. The van der Waals surface area contributed by atoms with Crippen molar-refractivity contribution in [2.45, 2.75) is 91.4 Å². The summed E-state index contributed by atoms with van der Waals surface area (Å²) in [4.78, 5) is 23.7. The topological polar surface area (TPSA) is 43.4 Å². The molecule has 0 N–H and O–H groups in total. The van der Waals surface area contributed by atoms with Crippen LogP contribution in [0.5, 0.6) is 0 Å². The van der Waals surface area contributed by atoms with Gasteiger partial charge in [0.05, 0.1) is 7.11 Å². The summed E-state index contributed by atoms with van der Waals surface area (Å²) in [5.41, 5.74) is 0.858. The van der Waals surface area contributed by atoms with E-state index < -0.39 is 0 Å². The van der Waals surface area contributed by atoms with Crippen molar-refractivity contribution in [1.82, 2.24) is 0 Å². The van der Waals surface area contributed by atoms with Crippen LogP contribution in [0.25, 0.3) is 0 Å². The fraction of sp³-hybridized carbons (Fsp3) is 0.920. The number of hydrogen-bond donors (Lipinski definition) is 0. The summed E-state index contributed by atoms with van der Waals surface area (Å²) >= 11 is 0. The largest absolute Gasteiger partial charge is 0.469 e. The van der Waals surface area contributed by atoms with Crippen LogP contribution in [0.4, 0.5) is 0 Å². The first-order valence-corrected chi connectivity index (χ1v) is 11.9. The zero-order valence-electron chi connectivity index (χ0n) is 18.5. The van der Waals surface area contributed by atoms with E-state index in [1.54, 1.807) is 0 Å². The van der Waals surface area contributed by atoms with E-state index in [4.69, 9.17) is 4.74 Å². The number of ether oxygens (including phenoxy) is 1. The molecule has 0 amide bonds. The van der Waals surface area contributed by atoms with Gasteiger partial charge in [-0.15, -0.1) is 0 Å². The molecule has 0 aliphatic heterocycles. The van der Waals surface area contributed by atoms with E-state index in [9.17, 15) is 9.59 Å². The Morgan fingerprint density at radius 3 is 2.57 bits per heavy atom. The second-order valence-corrected chi connectivity index (χ2v) is 11.2. The third-order valence-electron chi connectivity index (χ3n) is 10.3. The Hall–Kier alpha value is -0.860. The Labute approximate surface area is 171 Å². The lowest BCUT2D eigenvalue weighted by atomic mass is 9.44. The number of methoxy groups -OCH3 is 1. The fourth-order valence-corrected chi connectivity index (χ4v) is 8.67. The first kappa shape index (κ1) is 20.4. The quantitative estimate of drug-likeness (QED) is 0.571. The highest BCUT2D eigenvalue weighted by molar-refractivity contribution is 5.79. The first-order valence-electron chi connectivity index (χ1n) is 11.9. The van der Waals surface area contributed by atoms with Gasteiger partial charge in [0, 0.05) is 19.3 Å². The van der Waals surface area contributed by atoms with Gasteiger partial charge in [0.15, 0.2) is 0 Å². The summed E-state index contributed by atoms with van der Waals surface area (Å²) in [7, 11) is 1.50. The van der Waals surface area contributed by atoms with Crippen LogP contribution in [0.15, 0.2) is 0 Å². The second-order valence-electron chi connectivity index (χ2n) is 11.2. The van der Waals surface area contributed by atoms with Gasteiger partial charge >= 0.3 is 5.97 Å². The van der Waals surface area contributed by atoms with Gasteiger partial charge in [0.2, 0.25) is 0 Å². The van der Waals surface area contributed by atoms with Crippen molar-refractivity contribution in [1.29, 1.82) is 0 Å². The number of esters is 1. The standard InChI is InChI=1S/C25H40O3/c1-16(5-10-23(27)28-4)20-8-9-21-19-7-6-17-15-18(26)11-13-24(17,2)22(19)12-14-25(20,21)3/h16-17,19-22H,5-15H2,1-4H3/t16?,17-,19?,20?,21?,22?,24+,25-/m0/s1. The highest BCUT2D eigenvalue weighted by Gasteiger charge is 2.60. The van der Waals surface area contributed by atoms with Gasteiger partial charge in [-0.05, 0) is 97.7 Å². The Morgan fingerprint density at radius 1 is 1.07 bits per heavy atom. The molecule has 0 aromatic heterocycles. The molecule has 4 rings (SSSR count). The molecule has 4 aliphatic rings. The average molecular weight is 389 g/mol. The molecular weight excluding hydrogens is 348 g/mol. The van der Waals surface area contributed by atoms with E-state index in [1.807, 2.05) is 0 Å². The number of carbonyl (C=O) groups is 2. The van der Waals surface area contributed by atoms with Gasteiger partial charge in [-0.25, -0.2) is 0 Å². The molecule has 0 aromatic carbocycles. The minimum absolute atomic E-state index is 0.0617. The number of ketones is 1. The lowest BCUT2D eigenvalue weighted by Crippen LogP contribution is -2.53. The van der Waals surface area contributed by atoms with E-state index >= 15 is 0 Å². The van der Waals surface area contributed by atoms with Crippen LogP contribution >= 0.6 is 0 Å². The van der Waals surface area contributed by atoms with E-state index in [2.05, 4.69) is 20.8 Å². The molecule has 3 heteroatoms. The molecule has 0 saturated heterocycles. The highest BCUT2D eigenvalue weighted by Crippen LogP contribution is 2.68. The molecule has 4 fully saturated rings.